The van der Waals surface area contributed by atoms with Crippen LogP contribution >= 0.6 is 0 Å². The molecule has 4 saturated carbocycles. The van der Waals surface area contributed by atoms with Crippen LogP contribution in [0.2, 0.25) is 0 Å². The maximum Gasteiger partial charge on any atom is 0.267 e. The van der Waals surface area contributed by atoms with Gasteiger partial charge in [0.25, 0.3) is 5.91 Å². The van der Waals surface area contributed by atoms with Crippen LogP contribution in [0.25, 0.3) is 6.08 Å². The zero-order valence-corrected chi connectivity index (χ0v) is 17.0. The molecule has 4 aliphatic carbocycles. The molecule has 1 saturated heterocycles. The third-order valence-corrected chi connectivity index (χ3v) is 7.67. The molecule has 3 N–H and O–H groups in total. The van der Waals surface area contributed by atoms with Crippen molar-refractivity contribution in [2.45, 2.75) is 51.0 Å². The van der Waals surface area contributed by atoms with Gasteiger partial charge in [0.15, 0.2) is 0 Å². The number of pyridine rings is 1. The number of carbonyl (C=O) groups is 1. The first-order valence-electron chi connectivity index (χ1n) is 11.2. The van der Waals surface area contributed by atoms with E-state index < -0.39 is 5.91 Å². The summed E-state index contributed by atoms with van der Waals surface area (Å²) in [5.41, 5.74) is 3.03. The van der Waals surface area contributed by atoms with Crippen LogP contribution in [0, 0.1) is 23.2 Å². The van der Waals surface area contributed by atoms with Gasteiger partial charge in [0.2, 0.25) is 0 Å². The van der Waals surface area contributed by atoms with Gasteiger partial charge in [-0.15, -0.1) is 0 Å². The topological polar surface area (TPSA) is 77.5 Å². The van der Waals surface area contributed by atoms with Gasteiger partial charge in [-0.3, -0.25) is 10.0 Å². The Kier molecular flexibility index (Phi) is 5.08. The van der Waals surface area contributed by atoms with Crippen molar-refractivity contribution in [2.24, 2.45) is 23.2 Å². The summed E-state index contributed by atoms with van der Waals surface area (Å²) in [5, 5.41) is 12.1. The normalized spacial score (nSPS) is 36.0. The lowest BCUT2D eigenvalue weighted by Gasteiger charge is -2.57. The summed E-state index contributed by atoms with van der Waals surface area (Å²) >= 11 is 0. The molecule has 5 aliphatic rings. The quantitative estimate of drug-likeness (QED) is 0.391. The fourth-order valence-corrected chi connectivity index (χ4v) is 7.06. The first kappa shape index (κ1) is 19.1. The molecule has 6 nitrogen and oxygen atoms in total. The summed E-state index contributed by atoms with van der Waals surface area (Å²) in [7, 11) is 0. The van der Waals surface area contributed by atoms with Crippen molar-refractivity contribution >= 4 is 17.8 Å². The van der Waals surface area contributed by atoms with Crippen molar-refractivity contribution in [1.82, 2.24) is 15.4 Å². The number of anilines is 1. The summed E-state index contributed by atoms with van der Waals surface area (Å²) in [6.07, 6.45) is 14.8. The highest BCUT2D eigenvalue weighted by atomic mass is 16.5. The highest BCUT2D eigenvalue weighted by Crippen LogP contribution is 2.60. The molecule has 5 fully saturated rings. The lowest BCUT2D eigenvalue weighted by atomic mass is 9.49. The molecule has 1 atom stereocenters. The zero-order chi connectivity index (χ0) is 19.8. The van der Waals surface area contributed by atoms with Crippen LogP contribution in [0.5, 0.6) is 0 Å². The minimum Gasteiger partial charge on any atom is -0.366 e. The molecule has 1 aromatic heterocycles. The van der Waals surface area contributed by atoms with E-state index in [2.05, 4.69) is 15.2 Å². The van der Waals surface area contributed by atoms with E-state index in [-0.39, 0.29) is 0 Å². The van der Waals surface area contributed by atoms with Crippen LogP contribution < -0.4 is 10.8 Å². The molecular formula is C23H32N4O2. The number of nitrogens with one attached hydrogen (secondary N) is 2. The van der Waals surface area contributed by atoms with Crippen molar-refractivity contribution in [3.05, 3.63) is 30.0 Å². The zero-order valence-electron chi connectivity index (χ0n) is 17.0. The molecule has 6 rings (SSSR count). The first-order valence-corrected chi connectivity index (χ1v) is 11.2. The molecule has 156 valence electrons. The SMILES string of the molecule is O=C(/C=C/c1ccc(NC2CCN(CC34CC5CC(CC(C5)C3)C4)C2)nc1)NO. The van der Waals surface area contributed by atoms with Crippen molar-refractivity contribution in [2.75, 3.05) is 25.0 Å². The van der Waals surface area contributed by atoms with Gasteiger partial charge in [0.1, 0.15) is 5.82 Å². The Labute approximate surface area is 172 Å². The van der Waals surface area contributed by atoms with Gasteiger partial charge < -0.3 is 10.2 Å². The molecule has 2 heterocycles. The monoisotopic (exact) mass is 396 g/mol. The van der Waals surface area contributed by atoms with Gasteiger partial charge in [-0.25, -0.2) is 10.5 Å². The molecule has 1 amide bonds. The molecule has 0 spiro atoms. The van der Waals surface area contributed by atoms with E-state index in [9.17, 15) is 4.79 Å². The van der Waals surface area contributed by atoms with Crippen molar-refractivity contribution in [1.29, 1.82) is 0 Å². The van der Waals surface area contributed by atoms with E-state index >= 15 is 0 Å². The Morgan fingerprint density at radius 3 is 2.55 bits per heavy atom. The number of likely N-dealkylation sites (tertiary alicyclic amines) is 1. The van der Waals surface area contributed by atoms with Crippen LogP contribution in [0.15, 0.2) is 24.4 Å². The maximum atomic E-state index is 11.1. The summed E-state index contributed by atoms with van der Waals surface area (Å²) in [6, 6.07) is 4.34. The fourth-order valence-electron chi connectivity index (χ4n) is 7.06. The number of aromatic nitrogens is 1. The molecule has 6 heteroatoms. The summed E-state index contributed by atoms with van der Waals surface area (Å²) in [4.78, 5) is 18.2. The van der Waals surface area contributed by atoms with Gasteiger partial charge in [-0.2, -0.15) is 0 Å². The van der Waals surface area contributed by atoms with Gasteiger partial charge in [0, 0.05) is 37.9 Å². The highest BCUT2D eigenvalue weighted by Gasteiger charge is 2.51. The first-order chi connectivity index (χ1) is 14.1. The molecule has 1 aliphatic heterocycles. The average Bonchev–Trinajstić information content (AvgIpc) is 3.12. The van der Waals surface area contributed by atoms with Crippen molar-refractivity contribution in [3.63, 3.8) is 0 Å². The van der Waals surface area contributed by atoms with Crippen molar-refractivity contribution < 1.29 is 10.0 Å². The fraction of sp³-hybridized carbons (Fsp3) is 0.652. The van der Waals surface area contributed by atoms with Crippen LogP contribution in [0.3, 0.4) is 0 Å². The average molecular weight is 397 g/mol. The minimum absolute atomic E-state index is 0.456. The Hall–Kier alpha value is -1.92. The number of hydrogen-bond donors (Lipinski definition) is 3. The van der Waals surface area contributed by atoms with Crippen LogP contribution in [0.4, 0.5) is 5.82 Å². The Bertz CT molecular complexity index is 740. The molecule has 0 aromatic carbocycles. The number of hydroxylamine groups is 1. The highest BCUT2D eigenvalue weighted by molar-refractivity contribution is 5.90. The van der Waals surface area contributed by atoms with E-state index in [0.29, 0.717) is 11.5 Å². The van der Waals surface area contributed by atoms with Crippen LogP contribution in [0.1, 0.15) is 50.5 Å². The molecule has 1 aromatic rings. The maximum absolute atomic E-state index is 11.1. The summed E-state index contributed by atoms with van der Waals surface area (Å²) < 4.78 is 0. The van der Waals surface area contributed by atoms with Gasteiger partial charge >= 0.3 is 0 Å². The van der Waals surface area contributed by atoms with E-state index in [4.69, 9.17) is 5.21 Å². The van der Waals surface area contributed by atoms with E-state index in [1.807, 2.05) is 12.1 Å². The smallest absolute Gasteiger partial charge is 0.267 e. The molecule has 1 unspecified atom stereocenters. The lowest BCUT2D eigenvalue weighted by Crippen LogP contribution is -2.51. The largest absolute Gasteiger partial charge is 0.366 e. The third-order valence-electron chi connectivity index (χ3n) is 7.67. The van der Waals surface area contributed by atoms with Gasteiger partial charge in [0.05, 0.1) is 0 Å². The molecule has 29 heavy (non-hydrogen) atoms. The predicted molar refractivity (Wildman–Crippen MR) is 112 cm³/mol. The molecular weight excluding hydrogens is 364 g/mol. The second-order valence-corrected chi connectivity index (χ2v) is 10.1. The van der Waals surface area contributed by atoms with E-state index in [1.165, 1.54) is 64.1 Å². The predicted octanol–water partition coefficient (Wildman–Crippen LogP) is 3.30. The van der Waals surface area contributed by atoms with Crippen molar-refractivity contribution in [3.8, 4) is 0 Å². The summed E-state index contributed by atoms with van der Waals surface area (Å²) in [6.45, 7) is 3.61. The van der Waals surface area contributed by atoms with E-state index in [1.54, 1.807) is 17.8 Å². The number of carbonyl (C=O) groups excluding carboxylic acids is 1. The Balaban J connectivity index is 1.14. The van der Waals surface area contributed by atoms with Gasteiger partial charge in [-0.05, 0) is 91.9 Å². The number of rotatable bonds is 6. The second kappa shape index (κ2) is 7.73. The summed E-state index contributed by atoms with van der Waals surface area (Å²) in [5.74, 6) is 3.42. The van der Waals surface area contributed by atoms with Crippen LogP contribution in [-0.2, 0) is 4.79 Å². The lowest BCUT2D eigenvalue weighted by molar-refractivity contribution is -0.124. The molecule has 0 radical (unpaired) electrons. The third kappa shape index (κ3) is 4.19. The molecule has 4 bridgehead atoms. The Morgan fingerprint density at radius 1 is 1.21 bits per heavy atom. The number of nitrogens with zero attached hydrogens (tertiary/aromatic N) is 2. The number of amides is 1. The van der Waals surface area contributed by atoms with Crippen LogP contribution in [-0.4, -0.2) is 46.7 Å². The van der Waals surface area contributed by atoms with Gasteiger partial charge in [-0.1, -0.05) is 0 Å². The second-order valence-electron chi connectivity index (χ2n) is 10.1. The standard InChI is InChI=1S/C23H32N4O2/c28-22(26-29)4-2-16-1-3-21(24-13-16)25-20-5-6-27(14-20)15-23-10-17-7-18(11-23)9-19(8-17)12-23/h1-4,13,17-20,29H,5-12,14-15H2,(H,24,25)(H,26,28)/b4-2+. The Morgan fingerprint density at radius 2 is 1.93 bits per heavy atom. The van der Waals surface area contributed by atoms with E-state index in [0.717, 1.165) is 35.7 Å². The minimum atomic E-state index is -0.544. The number of hydrogen-bond acceptors (Lipinski definition) is 5.